The third-order valence-corrected chi connectivity index (χ3v) is 2.68. The molecule has 1 aliphatic heterocycles. The van der Waals surface area contributed by atoms with Crippen LogP contribution in [0.4, 0.5) is 11.6 Å². The molecule has 1 fully saturated rings. The van der Waals surface area contributed by atoms with E-state index < -0.39 is 0 Å². The molecular formula is C12H18N4O. The molecule has 0 saturated carbocycles. The lowest BCUT2D eigenvalue weighted by atomic mass is 10.2. The Bertz CT molecular complexity index is 388. The topological polar surface area (TPSA) is 58.1 Å². The maximum Gasteiger partial charge on any atom is 0.228 e. The Balaban J connectivity index is 2.00. The molecule has 1 aromatic heterocycles. The predicted molar refractivity (Wildman–Crippen MR) is 66.9 cm³/mol. The Hall–Kier alpha value is -1.65. The first-order chi connectivity index (χ1) is 8.16. The van der Waals surface area contributed by atoms with Gasteiger partial charge in [0.15, 0.2) is 5.82 Å². The van der Waals surface area contributed by atoms with Gasteiger partial charge in [-0.3, -0.25) is 9.69 Å². The van der Waals surface area contributed by atoms with Crippen molar-refractivity contribution in [1.29, 1.82) is 0 Å². The molecule has 5 nitrogen and oxygen atoms in total. The van der Waals surface area contributed by atoms with E-state index in [4.69, 9.17) is 0 Å². The minimum absolute atomic E-state index is 0.141. The molecule has 0 radical (unpaired) electrons. The van der Waals surface area contributed by atoms with Crippen molar-refractivity contribution in [3.63, 3.8) is 0 Å². The summed E-state index contributed by atoms with van der Waals surface area (Å²) in [5, 5.41) is 3.20. The zero-order valence-corrected chi connectivity index (χ0v) is 10.3. The first-order valence-electron chi connectivity index (χ1n) is 6.03. The van der Waals surface area contributed by atoms with Crippen LogP contribution in [0.2, 0.25) is 0 Å². The SMILES string of the molecule is CC(C)CNc1cnc(N2CCCC2=O)cn1. The van der Waals surface area contributed by atoms with Crippen molar-refractivity contribution in [1.82, 2.24) is 9.97 Å². The highest BCUT2D eigenvalue weighted by atomic mass is 16.2. The van der Waals surface area contributed by atoms with E-state index in [-0.39, 0.29) is 5.91 Å². The van der Waals surface area contributed by atoms with Gasteiger partial charge in [0.1, 0.15) is 5.82 Å². The van der Waals surface area contributed by atoms with Crippen molar-refractivity contribution in [2.24, 2.45) is 5.92 Å². The second-order valence-electron chi connectivity index (χ2n) is 4.68. The van der Waals surface area contributed by atoms with Crippen LogP contribution in [-0.4, -0.2) is 29.0 Å². The Kier molecular flexibility index (Phi) is 3.56. The third kappa shape index (κ3) is 2.93. The second kappa shape index (κ2) is 5.12. The maximum atomic E-state index is 11.5. The summed E-state index contributed by atoms with van der Waals surface area (Å²) in [6, 6.07) is 0. The zero-order valence-electron chi connectivity index (χ0n) is 10.3. The van der Waals surface area contributed by atoms with E-state index in [9.17, 15) is 4.79 Å². The van der Waals surface area contributed by atoms with Crippen LogP contribution in [0.15, 0.2) is 12.4 Å². The normalized spacial score (nSPS) is 15.7. The summed E-state index contributed by atoms with van der Waals surface area (Å²) in [7, 11) is 0. The van der Waals surface area contributed by atoms with Crippen molar-refractivity contribution in [3.05, 3.63) is 12.4 Å². The van der Waals surface area contributed by atoms with Gasteiger partial charge in [-0.2, -0.15) is 0 Å². The number of carbonyl (C=O) groups excluding carboxylic acids is 1. The van der Waals surface area contributed by atoms with Crippen LogP contribution in [0.5, 0.6) is 0 Å². The summed E-state index contributed by atoms with van der Waals surface area (Å²) < 4.78 is 0. The molecule has 0 unspecified atom stereocenters. The van der Waals surface area contributed by atoms with Gasteiger partial charge in [0.2, 0.25) is 5.91 Å². The van der Waals surface area contributed by atoms with Gasteiger partial charge < -0.3 is 5.32 Å². The van der Waals surface area contributed by atoms with Crippen molar-refractivity contribution in [2.45, 2.75) is 26.7 Å². The molecule has 92 valence electrons. The van der Waals surface area contributed by atoms with E-state index in [1.165, 1.54) is 0 Å². The van der Waals surface area contributed by atoms with Crippen LogP contribution in [-0.2, 0) is 4.79 Å². The van der Waals surface area contributed by atoms with Crippen molar-refractivity contribution < 1.29 is 4.79 Å². The molecule has 0 bridgehead atoms. The van der Waals surface area contributed by atoms with E-state index in [0.717, 1.165) is 25.3 Å². The summed E-state index contributed by atoms with van der Waals surface area (Å²) in [4.78, 5) is 21.7. The zero-order chi connectivity index (χ0) is 12.3. The quantitative estimate of drug-likeness (QED) is 0.861. The minimum Gasteiger partial charge on any atom is -0.369 e. The number of carbonyl (C=O) groups is 1. The summed E-state index contributed by atoms with van der Waals surface area (Å²) >= 11 is 0. The Labute approximate surface area is 101 Å². The Morgan fingerprint density at radius 1 is 1.41 bits per heavy atom. The van der Waals surface area contributed by atoms with Crippen LogP contribution in [0.3, 0.4) is 0 Å². The van der Waals surface area contributed by atoms with E-state index in [0.29, 0.717) is 18.2 Å². The van der Waals surface area contributed by atoms with Gasteiger partial charge in [-0.25, -0.2) is 9.97 Å². The molecule has 1 amide bonds. The molecule has 0 spiro atoms. The summed E-state index contributed by atoms with van der Waals surface area (Å²) in [6.07, 6.45) is 4.87. The van der Waals surface area contributed by atoms with Crippen LogP contribution < -0.4 is 10.2 Å². The van der Waals surface area contributed by atoms with Crippen LogP contribution in [0, 0.1) is 5.92 Å². The van der Waals surface area contributed by atoms with Gasteiger partial charge in [0.25, 0.3) is 0 Å². The molecular weight excluding hydrogens is 216 g/mol. The molecule has 1 aromatic rings. The molecule has 0 atom stereocenters. The lowest BCUT2D eigenvalue weighted by Crippen LogP contribution is -2.25. The number of rotatable bonds is 4. The summed E-state index contributed by atoms with van der Waals surface area (Å²) in [5.41, 5.74) is 0. The lowest BCUT2D eigenvalue weighted by Gasteiger charge is -2.14. The van der Waals surface area contributed by atoms with Gasteiger partial charge in [0, 0.05) is 19.5 Å². The number of nitrogens with one attached hydrogen (secondary N) is 1. The number of aromatic nitrogens is 2. The average molecular weight is 234 g/mol. The highest BCUT2D eigenvalue weighted by molar-refractivity contribution is 5.94. The third-order valence-electron chi connectivity index (χ3n) is 2.68. The number of nitrogens with zero attached hydrogens (tertiary/aromatic N) is 3. The highest BCUT2D eigenvalue weighted by Crippen LogP contribution is 2.18. The monoisotopic (exact) mass is 234 g/mol. The molecule has 17 heavy (non-hydrogen) atoms. The second-order valence-corrected chi connectivity index (χ2v) is 4.68. The lowest BCUT2D eigenvalue weighted by molar-refractivity contribution is -0.117. The number of anilines is 2. The number of hydrogen-bond donors (Lipinski definition) is 1. The first-order valence-corrected chi connectivity index (χ1v) is 6.03. The largest absolute Gasteiger partial charge is 0.369 e. The van der Waals surface area contributed by atoms with Crippen LogP contribution >= 0.6 is 0 Å². The van der Waals surface area contributed by atoms with Crippen LogP contribution in [0.25, 0.3) is 0 Å². The minimum atomic E-state index is 0.141. The average Bonchev–Trinajstić information content (AvgIpc) is 2.73. The van der Waals surface area contributed by atoms with Gasteiger partial charge in [-0.1, -0.05) is 13.8 Å². The van der Waals surface area contributed by atoms with Gasteiger partial charge in [-0.05, 0) is 12.3 Å². The fourth-order valence-corrected chi connectivity index (χ4v) is 1.75. The molecule has 1 saturated heterocycles. The Morgan fingerprint density at radius 2 is 2.24 bits per heavy atom. The van der Waals surface area contributed by atoms with Crippen molar-refractivity contribution in [3.8, 4) is 0 Å². The highest BCUT2D eigenvalue weighted by Gasteiger charge is 2.22. The number of hydrogen-bond acceptors (Lipinski definition) is 4. The van der Waals surface area contributed by atoms with Gasteiger partial charge in [-0.15, -0.1) is 0 Å². The molecule has 2 heterocycles. The van der Waals surface area contributed by atoms with Crippen molar-refractivity contribution >= 4 is 17.5 Å². The van der Waals surface area contributed by atoms with E-state index in [2.05, 4.69) is 29.1 Å². The molecule has 0 aliphatic carbocycles. The predicted octanol–water partition coefficient (Wildman–Crippen LogP) is 1.67. The summed E-state index contributed by atoms with van der Waals surface area (Å²) in [6.45, 7) is 5.90. The number of amides is 1. The fourth-order valence-electron chi connectivity index (χ4n) is 1.75. The standard InChI is InChI=1S/C12H18N4O/c1-9(2)6-13-10-7-15-11(8-14-10)16-5-3-4-12(16)17/h7-9H,3-6H2,1-2H3,(H,13,14). The van der Waals surface area contributed by atoms with E-state index in [1.54, 1.807) is 17.3 Å². The van der Waals surface area contributed by atoms with E-state index >= 15 is 0 Å². The van der Waals surface area contributed by atoms with Gasteiger partial charge in [0.05, 0.1) is 12.4 Å². The molecule has 5 heteroatoms. The maximum absolute atomic E-state index is 11.5. The summed E-state index contributed by atoms with van der Waals surface area (Å²) in [5.74, 6) is 2.12. The van der Waals surface area contributed by atoms with Crippen LogP contribution in [0.1, 0.15) is 26.7 Å². The molecule has 1 N–H and O–H groups in total. The van der Waals surface area contributed by atoms with E-state index in [1.807, 2.05) is 0 Å². The molecule has 1 aliphatic rings. The van der Waals surface area contributed by atoms with Crippen molar-refractivity contribution in [2.75, 3.05) is 23.3 Å². The Morgan fingerprint density at radius 3 is 2.76 bits per heavy atom. The van der Waals surface area contributed by atoms with Gasteiger partial charge >= 0.3 is 0 Å². The smallest absolute Gasteiger partial charge is 0.228 e. The first kappa shape index (κ1) is 11.8. The molecule has 0 aromatic carbocycles. The molecule has 2 rings (SSSR count). The fraction of sp³-hybridized carbons (Fsp3) is 0.583.